The molecule has 0 aliphatic carbocycles. The zero-order valence-corrected chi connectivity index (χ0v) is 13.0. The number of aromatic nitrogens is 3. The van der Waals surface area contributed by atoms with Crippen molar-refractivity contribution in [2.75, 3.05) is 6.54 Å². The van der Waals surface area contributed by atoms with Crippen molar-refractivity contribution >= 4 is 11.6 Å². The third kappa shape index (κ3) is 3.58. The van der Waals surface area contributed by atoms with Crippen molar-refractivity contribution < 1.29 is 0 Å². The van der Waals surface area contributed by atoms with Gasteiger partial charge in [0.05, 0.1) is 22.5 Å². The summed E-state index contributed by atoms with van der Waals surface area (Å²) in [6.07, 6.45) is 5.41. The molecule has 108 valence electrons. The van der Waals surface area contributed by atoms with Gasteiger partial charge in [-0.15, -0.1) is 0 Å². The van der Waals surface area contributed by atoms with Crippen LogP contribution in [0.1, 0.15) is 36.3 Å². The Kier molecular flexibility index (Phi) is 5.15. The van der Waals surface area contributed by atoms with Crippen LogP contribution in [-0.4, -0.2) is 21.3 Å². The Balaban J connectivity index is 2.24. The zero-order valence-electron chi connectivity index (χ0n) is 12.2. The molecule has 0 aliphatic heterocycles. The highest BCUT2D eigenvalue weighted by molar-refractivity contribution is 6.31. The first-order chi connectivity index (χ1) is 9.61. The van der Waals surface area contributed by atoms with Crippen molar-refractivity contribution in [2.45, 2.75) is 32.7 Å². The first kappa shape index (κ1) is 15.0. The van der Waals surface area contributed by atoms with E-state index in [0.29, 0.717) is 0 Å². The fourth-order valence-electron chi connectivity index (χ4n) is 2.35. The molecule has 0 saturated carbocycles. The topological polar surface area (TPSA) is 42.7 Å². The third-order valence-electron chi connectivity index (χ3n) is 3.32. The largest absolute Gasteiger partial charge is 0.308 e. The van der Waals surface area contributed by atoms with Gasteiger partial charge >= 0.3 is 0 Å². The van der Waals surface area contributed by atoms with Crippen LogP contribution in [-0.2, 0) is 13.5 Å². The Morgan fingerprint density at radius 3 is 2.85 bits per heavy atom. The van der Waals surface area contributed by atoms with Crippen LogP contribution in [0.2, 0.25) is 5.02 Å². The molecule has 2 aromatic rings. The molecule has 2 heterocycles. The monoisotopic (exact) mass is 292 g/mol. The second-order valence-corrected chi connectivity index (χ2v) is 5.42. The maximum absolute atomic E-state index is 6.22. The summed E-state index contributed by atoms with van der Waals surface area (Å²) in [5.41, 5.74) is 3.32. The first-order valence-corrected chi connectivity index (χ1v) is 7.32. The average Bonchev–Trinajstić information content (AvgIpc) is 2.75. The predicted octanol–water partition coefficient (Wildman–Crippen LogP) is 3.06. The summed E-state index contributed by atoms with van der Waals surface area (Å²) in [7, 11) is 1.98. The Morgan fingerprint density at radius 1 is 1.45 bits per heavy atom. The van der Waals surface area contributed by atoms with Crippen molar-refractivity contribution in [3.05, 3.63) is 46.5 Å². The lowest BCUT2D eigenvalue weighted by Gasteiger charge is -2.19. The highest BCUT2D eigenvalue weighted by Gasteiger charge is 2.17. The van der Waals surface area contributed by atoms with E-state index in [1.807, 2.05) is 24.7 Å². The summed E-state index contributed by atoms with van der Waals surface area (Å²) in [6, 6.07) is 4.32. The van der Waals surface area contributed by atoms with Gasteiger partial charge in [-0.3, -0.25) is 9.67 Å². The smallest absolute Gasteiger partial charge is 0.0622 e. The average molecular weight is 293 g/mol. The molecule has 0 radical (unpaired) electrons. The Bertz CT molecular complexity index is 565. The van der Waals surface area contributed by atoms with E-state index in [1.165, 1.54) is 5.69 Å². The second kappa shape index (κ2) is 6.86. The molecule has 0 saturated heterocycles. The molecule has 0 amide bonds. The molecule has 0 aromatic carbocycles. The minimum absolute atomic E-state index is 0.209. The van der Waals surface area contributed by atoms with Crippen LogP contribution in [0.4, 0.5) is 0 Å². The number of aryl methyl sites for hydroxylation is 2. The summed E-state index contributed by atoms with van der Waals surface area (Å²) < 4.78 is 1.94. The number of nitrogens with one attached hydrogen (secondary N) is 1. The van der Waals surface area contributed by atoms with Crippen molar-refractivity contribution in [1.29, 1.82) is 0 Å². The van der Waals surface area contributed by atoms with Crippen LogP contribution in [0, 0.1) is 6.92 Å². The molecule has 0 aliphatic rings. The number of halogens is 1. The van der Waals surface area contributed by atoms with E-state index in [4.69, 9.17) is 11.6 Å². The molecule has 2 rings (SSSR count). The minimum Gasteiger partial charge on any atom is -0.308 e. The first-order valence-electron chi connectivity index (χ1n) is 6.94. The van der Waals surface area contributed by atoms with Gasteiger partial charge in [0.15, 0.2) is 0 Å². The van der Waals surface area contributed by atoms with Crippen molar-refractivity contribution in [1.82, 2.24) is 20.1 Å². The molecule has 0 bridgehead atoms. The van der Waals surface area contributed by atoms with E-state index < -0.39 is 0 Å². The van der Waals surface area contributed by atoms with E-state index in [-0.39, 0.29) is 6.04 Å². The molecular formula is C15H21ClN4. The van der Waals surface area contributed by atoms with Crippen molar-refractivity contribution in [2.24, 2.45) is 7.05 Å². The van der Waals surface area contributed by atoms with Crippen LogP contribution in [0.25, 0.3) is 0 Å². The van der Waals surface area contributed by atoms with Crippen molar-refractivity contribution in [3.63, 3.8) is 0 Å². The van der Waals surface area contributed by atoms with Crippen LogP contribution < -0.4 is 5.32 Å². The SMILES string of the molecule is CCCNC(Cc1ccncc1Cl)c1cc(C)nn1C. The quantitative estimate of drug-likeness (QED) is 0.890. The van der Waals surface area contributed by atoms with E-state index in [0.717, 1.165) is 35.7 Å². The van der Waals surface area contributed by atoms with E-state index in [1.54, 1.807) is 12.4 Å². The second-order valence-electron chi connectivity index (χ2n) is 5.01. The zero-order chi connectivity index (χ0) is 14.5. The standard InChI is InChI=1S/C15H21ClN4/c1-4-6-18-14(15-8-11(2)19-20(15)3)9-12-5-7-17-10-13(12)16/h5,7-8,10,14,18H,4,6,9H2,1-3H3. The normalized spacial score (nSPS) is 12.6. The van der Waals surface area contributed by atoms with Gasteiger partial charge in [0, 0.05) is 19.4 Å². The van der Waals surface area contributed by atoms with Gasteiger partial charge in [-0.2, -0.15) is 5.10 Å². The lowest BCUT2D eigenvalue weighted by molar-refractivity contribution is 0.493. The molecule has 2 aromatic heterocycles. The molecule has 4 nitrogen and oxygen atoms in total. The molecule has 0 spiro atoms. The summed E-state index contributed by atoms with van der Waals surface area (Å²) in [6.45, 7) is 5.15. The Morgan fingerprint density at radius 2 is 2.25 bits per heavy atom. The van der Waals surface area contributed by atoms with Crippen molar-refractivity contribution in [3.8, 4) is 0 Å². The lowest BCUT2D eigenvalue weighted by atomic mass is 10.0. The van der Waals surface area contributed by atoms with Gasteiger partial charge < -0.3 is 5.32 Å². The highest BCUT2D eigenvalue weighted by Crippen LogP contribution is 2.23. The van der Waals surface area contributed by atoms with E-state index >= 15 is 0 Å². The van der Waals surface area contributed by atoms with Gasteiger partial charge in [-0.05, 0) is 44.0 Å². The van der Waals surface area contributed by atoms with Gasteiger partial charge in [0.1, 0.15) is 0 Å². The molecule has 1 unspecified atom stereocenters. The summed E-state index contributed by atoms with van der Waals surface area (Å²) in [5, 5.41) is 8.73. The molecule has 5 heteroatoms. The maximum Gasteiger partial charge on any atom is 0.0622 e. The molecule has 1 atom stereocenters. The van der Waals surface area contributed by atoms with Crippen LogP contribution in [0.15, 0.2) is 24.5 Å². The third-order valence-corrected chi connectivity index (χ3v) is 3.66. The van der Waals surface area contributed by atoms with Gasteiger partial charge in [-0.25, -0.2) is 0 Å². The molecule has 20 heavy (non-hydrogen) atoms. The summed E-state index contributed by atoms with van der Waals surface area (Å²) in [4.78, 5) is 4.04. The number of pyridine rings is 1. The fraction of sp³-hybridized carbons (Fsp3) is 0.467. The molecular weight excluding hydrogens is 272 g/mol. The number of hydrogen-bond acceptors (Lipinski definition) is 3. The predicted molar refractivity (Wildman–Crippen MR) is 81.9 cm³/mol. The van der Waals surface area contributed by atoms with Gasteiger partial charge in [-0.1, -0.05) is 18.5 Å². The Hall–Kier alpha value is -1.39. The van der Waals surface area contributed by atoms with E-state index in [2.05, 4.69) is 28.4 Å². The fourth-order valence-corrected chi connectivity index (χ4v) is 2.54. The van der Waals surface area contributed by atoms with Crippen LogP contribution >= 0.6 is 11.6 Å². The molecule has 1 N–H and O–H groups in total. The lowest BCUT2D eigenvalue weighted by Crippen LogP contribution is -2.26. The summed E-state index contributed by atoms with van der Waals surface area (Å²) in [5.74, 6) is 0. The van der Waals surface area contributed by atoms with Gasteiger partial charge in [0.2, 0.25) is 0 Å². The Labute approximate surface area is 125 Å². The number of rotatable bonds is 6. The summed E-state index contributed by atoms with van der Waals surface area (Å²) >= 11 is 6.22. The van der Waals surface area contributed by atoms with Crippen LogP contribution in [0.5, 0.6) is 0 Å². The number of hydrogen-bond donors (Lipinski definition) is 1. The van der Waals surface area contributed by atoms with E-state index in [9.17, 15) is 0 Å². The maximum atomic E-state index is 6.22. The van der Waals surface area contributed by atoms with Gasteiger partial charge in [0.25, 0.3) is 0 Å². The highest BCUT2D eigenvalue weighted by atomic mass is 35.5. The molecule has 0 fully saturated rings. The minimum atomic E-state index is 0.209. The van der Waals surface area contributed by atoms with Crippen LogP contribution in [0.3, 0.4) is 0 Å². The number of nitrogens with zero attached hydrogens (tertiary/aromatic N) is 3.